The molecule has 2 aromatic rings. The van der Waals surface area contributed by atoms with Crippen LogP contribution >= 0.6 is 0 Å². The third-order valence-electron chi connectivity index (χ3n) is 4.36. The number of hydrogen-bond acceptors (Lipinski definition) is 5. The Bertz CT molecular complexity index is 1040. The molecular weight excluding hydrogens is 405 g/mol. The lowest BCUT2D eigenvalue weighted by molar-refractivity contribution is 0.136. The van der Waals surface area contributed by atoms with E-state index in [4.69, 9.17) is 9.84 Å². The molecule has 0 unspecified atom stereocenters. The Labute approximate surface area is 166 Å². The number of carboxylic acid groups (broad SMARTS) is 1. The van der Waals surface area contributed by atoms with Crippen LogP contribution < -0.4 is 14.9 Å². The van der Waals surface area contributed by atoms with E-state index in [-0.39, 0.29) is 29.2 Å². The van der Waals surface area contributed by atoms with Gasteiger partial charge < -0.3 is 15.2 Å². The second kappa shape index (κ2) is 8.05. The van der Waals surface area contributed by atoms with Gasteiger partial charge >= 0.3 is 12.2 Å². The molecule has 0 bridgehead atoms. The van der Waals surface area contributed by atoms with Crippen LogP contribution in [0.5, 0.6) is 0 Å². The van der Waals surface area contributed by atoms with Crippen LogP contribution in [0.3, 0.4) is 0 Å². The summed E-state index contributed by atoms with van der Waals surface area (Å²) in [5.74, 6) is -0.605. The Morgan fingerprint density at radius 1 is 1.28 bits per heavy atom. The summed E-state index contributed by atoms with van der Waals surface area (Å²) >= 11 is 0. The first-order chi connectivity index (χ1) is 13.7. The number of hydrogen-bond donors (Lipinski definition) is 3. The smallest absolute Gasteiger partial charge is 0.414 e. The number of halogens is 1. The Hall–Kier alpha value is -3.18. The van der Waals surface area contributed by atoms with E-state index in [1.165, 1.54) is 54.4 Å². The number of sulfonamides is 1. The van der Waals surface area contributed by atoms with Gasteiger partial charge in [-0.25, -0.2) is 27.1 Å². The van der Waals surface area contributed by atoms with Crippen molar-refractivity contribution < 1.29 is 32.2 Å². The lowest BCUT2D eigenvalue weighted by atomic mass is 10.0. The Balaban J connectivity index is 1.79. The maximum Gasteiger partial charge on any atom is 0.414 e. The van der Waals surface area contributed by atoms with Gasteiger partial charge in [0.05, 0.1) is 23.7 Å². The minimum atomic E-state index is -3.59. The molecule has 9 nitrogen and oxygen atoms in total. The highest BCUT2D eigenvalue weighted by molar-refractivity contribution is 7.89. The molecule has 1 atom stereocenters. The number of cyclic esters (lactones) is 1. The van der Waals surface area contributed by atoms with E-state index in [0.717, 1.165) is 0 Å². The fraction of sp³-hybridized carbons (Fsp3) is 0.222. The number of carbonyl (C=O) groups excluding carboxylic acids is 1. The normalized spacial score (nSPS) is 16.6. The van der Waals surface area contributed by atoms with E-state index in [0.29, 0.717) is 5.56 Å². The number of benzene rings is 2. The average molecular weight is 423 g/mol. The summed E-state index contributed by atoms with van der Waals surface area (Å²) in [7, 11) is -2.29. The number of carbonyl (C=O) groups is 2. The van der Waals surface area contributed by atoms with Gasteiger partial charge in [-0.05, 0) is 42.9 Å². The number of anilines is 1. The topological polar surface area (TPSA) is 125 Å². The van der Waals surface area contributed by atoms with Crippen molar-refractivity contribution in [2.24, 2.45) is 0 Å². The molecule has 11 heteroatoms. The van der Waals surface area contributed by atoms with Crippen molar-refractivity contribution >= 4 is 27.9 Å². The number of ether oxygens (including phenoxy) is 1. The van der Waals surface area contributed by atoms with E-state index >= 15 is 0 Å². The van der Waals surface area contributed by atoms with E-state index in [1.54, 1.807) is 0 Å². The summed E-state index contributed by atoms with van der Waals surface area (Å²) in [6.45, 7) is 0.00842. The molecule has 154 valence electrons. The predicted molar refractivity (Wildman–Crippen MR) is 102 cm³/mol. The van der Waals surface area contributed by atoms with Gasteiger partial charge in [0.15, 0.2) is 0 Å². The summed E-state index contributed by atoms with van der Waals surface area (Å²) in [5.41, 5.74) is 0.971. The maximum absolute atomic E-state index is 14.7. The highest BCUT2D eigenvalue weighted by atomic mass is 32.2. The summed E-state index contributed by atoms with van der Waals surface area (Å²) in [5, 5.41) is 10.8. The highest BCUT2D eigenvalue weighted by Gasteiger charge is 2.32. The zero-order valence-corrected chi connectivity index (χ0v) is 16.1. The number of nitrogens with one attached hydrogen (secondary N) is 2. The minimum absolute atomic E-state index is 0.0570. The maximum atomic E-state index is 14.7. The third kappa shape index (κ3) is 4.46. The fourth-order valence-electron chi connectivity index (χ4n) is 2.88. The first-order valence-electron chi connectivity index (χ1n) is 8.50. The minimum Gasteiger partial charge on any atom is -0.465 e. The van der Waals surface area contributed by atoms with Gasteiger partial charge in [0, 0.05) is 5.56 Å². The molecule has 3 rings (SSSR count). The summed E-state index contributed by atoms with van der Waals surface area (Å²) in [4.78, 5) is 23.8. The van der Waals surface area contributed by atoms with Gasteiger partial charge in [0.1, 0.15) is 11.9 Å². The van der Waals surface area contributed by atoms with Crippen molar-refractivity contribution in [2.45, 2.75) is 11.0 Å². The van der Waals surface area contributed by atoms with Crippen molar-refractivity contribution in [1.29, 1.82) is 0 Å². The van der Waals surface area contributed by atoms with Crippen LogP contribution in [0.25, 0.3) is 11.1 Å². The van der Waals surface area contributed by atoms with Gasteiger partial charge in [-0.3, -0.25) is 4.90 Å². The van der Waals surface area contributed by atoms with Crippen molar-refractivity contribution in [3.8, 4) is 11.1 Å². The molecule has 1 saturated heterocycles. The number of rotatable bonds is 6. The van der Waals surface area contributed by atoms with E-state index in [1.807, 2.05) is 0 Å². The number of nitrogens with zero attached hydrogens (tertiary/aromatic N) is 1. The second-order valence-electron chi connectivity index (χ2n) is 6.20. The van der Waals surface area contributed by atoms with Crippen LogP contribution in [0, 0.1) is 5.82 Å². The van der Waals surface area contributed by atoms with Crippen LogP contribution in [-0.2, 0) is 14.8 Å². The molecule has 2 amide bonds. The Kier molecular flexibility index (Phi) is 5.71. The predicted octanol–water partition coefficient (Wildman–Crippen LogP) is 1.99. The van der Waals surface area contributed by atoms with Crippen LogP contribution in [0.15, 0.2) is 47.4 Å². The SMILES string of the molecule is CNS(=O)(=O)c1ccc(-c2ccc(N3C[C@H](CNC(=O)O)OC3=O)cc2F)cc1. The molecule has 1 heterocycles. The summed E-state index contributed by atoms with van der Waals surface area (Å²) in [6, 6.07) is 9.88. The van der Waals surface area contributed by atoms with Crippen molar-refractivity contribution in [2.75, 3.05) is 25.0 Å². The van der Waals surface area contributed by atoms with Crippen LogP contribution in [-0.4, -0.2) is 52.0 Å². The van der Waals surface area contributed by atoms with Gasteiger partial charge in [-0.15, -0.1) is 0 Å². The van der Waals surface area contributed by atoms with Gasteiger partial charge in [0.2, 0.25) is 10.0 Å². The molecule has 1 aliphatic heterocycles. The number of amides is 2. The quantitative estimate of drug-likeness (QED) is 0.653. The van der Waals surface area contributed by atoms with Crippen molar-refractivity contribution in [1.82, 2.24) is 10.0 Å². The first-order valence-corrected chi connectivity index (χ1v) is 9.98. The first kappa shape index (κ1) is 20.6. The second-order valence-corrected chi connectivity index (χ2v) is 8.09. The summed E-state index contributed by atoms with van der Waals surface area (Å²) < 4.78 is 45.5. The molecule has 0 aromatic heterocycles. The third-order valence-corrected chi connectivity index (χ3v) is 5.79. The van der Waals surface area contributed by atoms with Crippen LogP contribution in [0.1, 0.15) is 0 Å². The molecule has 1 aliphatic rings. The van der Waals surface area contributed by atoms with Gasteiger partial charge in [-0.2, -0.15) is 0 Å². The van der Waals surface area contributed by atoms with Crippen molar-refractivity contribution in [3.05, 3.63) is 48.3 Å². The van der Waals surface area contributed by atoms with Gasteiger partial charge in [-0.1, -0.05) is 12.1 Å². The molecule has 3 N–H and O–H groups in total. The molecule has 0 aliphatic carbocycles. The van der Waals surface area contributed by atoms with Crippen LogP contribution in [0.4, 0.5) is 19.7 Å². The summed E-state index contributed by atoms with van der Waals surface area (Å²) in [6.07, 6.45) is -2.61. The molecule has 0 spiro atoms. The highest BCUT2D eigenvalue weighted by Crippen LogP contribution is 2.29. The lowest BCUT2D eigenvalue weighted by Crippen LogP contribution is -2.33. The Morgan fingerprint density at radius 3 is 2.55 bits per heavy atom. The molecule has 0 radical (unpaired) electrons. The van der Waals surface area contributed by atoms with Crippen molar-refractivity contribution in [3.63, 3.8) is 0 Å². The fourth-order valence-corrected chi connectivity index (χ4v) is 3.61. The molecule has 29 heavy (non-hydrogen) atoms. The van der Waals surface area contributed by atoms with Crippen LogP contribution in [0.2, 0.25) is 0 Å². The lowest BCUT2D eigenvalue weighted by Gasteiger charge is -2.14. The van der Waals surface area contributed by atoms with Gasteiger partial charge in [0.25, 0.3) is 0 Å². The zero-order chi connectivity index (χ0) is 21.2. The molecule has 2 aromatic carbocycles. The van der Waals surface area contributed by atoms with E-state index in [2.05, 4.69) is 10.0 Å². The Morgan fingerprint density at radius 2 is 1.97 bits per heavy atom. The molecule has 1 fully saturated rings. The van der Waals surface area contributed by atoms with E-state index in [9.17, 15) is 22.4 Å². The molecular formula is C18H18FN3O6S. The average Bonchev–Trinajstić information content (AvgIpc) is 3.07. The zero-order valence-electron chi connectivity index (χ0n) is 15.3. The largest absolute Gasteiger partial charge is 0.465 e. The standard InChI is InChI=1S/C18H18FN3O6S/c1-20-29(26,27)14-5-2-11(3-6-14)15-7-4-12(8-16(15)19)22-10-13(28-18(22)25)9-21-17(23)24/h2-8,13,20-21H,9-10H2,1H3,(H,23,24)/t13-/m0/s1. The molecule has 0 saturated carbocycles. The monoisotopic (exact) mass is 423 g/mol. The van der Waals surface area contributed by atoms with E-state index < -0.39 is 34.1 Å².